The van der Waals surface area contributed by atoms with Crippen LogP contribution in [0.25, 0.3) is 11.1 Å². The number of aryl methyl sites for hydroxylation is 2. The van der Waals surface area contributed by atoms with E-state index in [0.717, 1.165) is 24.8 Å². The molecule has 2 aromatic carbocycles. The van der Waals surface area contributed by atoms with Crippen molar-refractivity contribution in [1.82, 2.24) is 0 Å². The third-order valence-electron chi connectivity index (χ3n) is 5.62. The van der Waals surface area contributed by atoms with E-state index in [1.165, 1.54) is 66.4 Å². The van der Waals surface area contributed by atoms with Crippen LogP contribution in [0.3, 0.4) is 0 Å². The van der Waals surface area contributed by atoms with E-state index in [0.29, 0.717) is 0 Å². The Kier molecular flexibility index (Phi) is 13.7. The summed E-state index contributed by atoms with van der Waals surface area (Å²) in [5, 5.41) is 0. The van der Waals surface area contributed by atoms with Gasteiger partial charge in [0.1, 0.15) is 0 Å². The monoisotopic (exact) mass is 506 g/mol. The summed E-state index contributed by atoms with van der Waals surface area (Å²) in [4.78, 5) is 3.06. The van der Waals surface area contributed by atoms with Crippen molar-refractivity contribution in [1.29, 1.82) is 0 Å². The smallest absolute Gasteiger partial charge is 0.299 e. The molecule has 0 amide bonds. The maximum absolute atomic E-state index is 8.87. The minimum atomic E-state index is 0. The van der Waals surface area contributed by atoms with Gasteiger partial charge in [-0.3, -0.25) is 0 Å². The number of hydrogen-bond acceptors (Lipinski definition) is 0. The summed E-state index contributed by atoms with van der Waals surface area (Å²) < 4.78 is 0. The number of nitrogens with zero attached hydrogens (tertiary/aromatic N) is 2. The van der Waals surface area contributed by atoms with Crippen LogP contribution < -0.4 is 0 Å². The van der Waals surface area contributed by atoms with Crippen molar-refractivity contribution in [2.24, 2.45) is 0 Å². The summed E-state index contributed by atoms with van der Waals surface area (Å²) in [5.41, 5.74) is 16.3. The van der Waals surface area contributed by atoms with Gasteiger partial charge in [-0.2, -0.15) is 0 Å². The molecule has 0 aliphatic rings. The third kappa shape index (κ3) is 8.95. The number of rotatable bonds is 12. The summed E-state index contributed by atoms with van der Waals surface area (Å²) in [6.45, 7) is 6.61. The van der Waals surface area contributed by atoms with E-state index in [4.69, 9.17) is 5.53 Å². The van der Waals surface area contributed by atoms with E-state index in [1.807, 2.05) is 0 Å². The molecule has 0 atom stereocenters. The summed E-state index contributed by atoms with van der Waals surface area (Å²) >= 11 is 0. The third-order valence-corrected chi connectivity index (χ3v) is 5.62. The zero-order valence-corrected chi connectivity index (χ0v) is 20.8. The van der Waals surface area contributed by atoms with Crippen molar-refractivity contribution in [3.8, 4) is 0 Å². The number of benzene rings is 2. The molecule has 0 N–H and O–H groups in total. The Morgan fingerprint density at radius 2 is 1.29 bits per heavy atom. The molecule has 0 aliphatic carbocycles. The van der Waals surface area contributed by atoms with E-state index in [-0.39, 0.29) is 20.4 Å². The Morgan fingerprint density at radius 3 is 1.74 bits per heavy atom. The fourth-order valence-corrected chi connectivity index (χ4v) is 3.81. The van der Waals surface area contributed by atoms with Crippen LogP contribution in [-0.4, -0.2) is 10.7 Å². The molecule has 0 aliphatic heterocycles. The molecule has 3 heteroatoms. The van der Waals surface area contributed by atoms with Crippen LogP contribution in [0.15, 0.2) is 60.2 Å². The Labute approximate surface area is 202 Å². The molecule has 0 heterocycles. The van der Waals surface area contributed by atoms with Gasteiger partial charge in [-0.05, 0) is 65.5 Å². The van der Waals surface area contributed by atoms with Crippen LogP contribution in [0.1, 0.15) is 88.0 Å². The van der Waals surface area contributed by atoms with Gasteiger partial charge in [0.15, 0.2) is 0 Å². The van der Waals surface area contributed by atoms with E-state index < -0.39 is 0 Å². The largest absolute Gasteiger partial charge is 0.348 e. The Hall–Kier alpha value is -2.00. The van der Waals surface area contributed by atoms with E-state index in [1.54, 1.807) is 6.08 Å². The van der Waals surface area contributed by atoms with Gasteiger partial charge in [0.05, 0.1) is 6.08 Å². The molecule has 0 spiro atoms. The topological polar surface area (TPSA) is 36.4 Å². The molecule has 2 rings (SSSR count). The summed E-state index contributed by atoms with van der Waals surface area (Å²) in [7, 11) is 0. The van der Waals surface area contributed by atoms with Crippen molar-refractivity contribution in [3.63, 3.8) is 0 Å². The van der Waals surface area contributed by atoms with Gasteiger partial charge in [0.25, 0.3) is 5.87 Å². The molecule has 2 aromatic rings. The van der Waals surface area contributed by atoms with Gasteiger partial charge >= 0.3 is 0 Å². The van der Waals surface area contributed by atoms with Gasteiger partial charge < -0.3 is 5.53 Å². The number of unbranched alkanes of at least 4 members (excludes halogenated alkanes) is 4. The zero-order chi connectivity index (χ0) is 21.6. The van der Waals surface area contributed by atoms with Crippen molar-refractivity contribution in [3.05, 3.63) is 88.0 Å². The standard InChI is InChI=1S/C28H36N2.Pd/c1-4-7-9-10-12-24-15-19-27(20-16-24)28(25(6-3)21-22-30-29)26-17-13-23(14-18-26)11-8-5-2;/h13-21H,4-12H2,1-3H3;. The molecular weight excluding hydrogens is 471 g/mol. The molecule has 0 radical (unpaired) electrons. The average Bonchev–Trinajstić information content (AvgIpc) is 2.79. The summed E-state index contributed by atoms with van der Waals surface area (Å²) in [5.74, 6) is 2.61. The average molecular weight is 507 g/mol. The van der Waals surface area contributed by atoms with Crippen LogP contribution in [0.2, 0.25) is 0 Å². The normalized spacial score (nSPS) is 11.1. The zero-order valence-electron chi connectivity index (χ0n) is 19.3. The van der Waals surface area contributed by atoms with E-state index in [9.17, 15) is 0 Å². The molecule has 0 unspecified atom stereocenters. The van der Waals surface area contributed by atoms with Crippen LogP contribution in [0.5, 0.6) is 0 Å². The molecule has 168 valence electrons. The summed E-state index contributed by atoms with van der Waals surface area (Å²) in [6.07, 6.45) is 12.5. The van der Waals surface area contributed by atoms with Crippen molar-refractivity contribution < 1.29 is 25.2 Å². The predicted molar refractivity (Wildman–Crippen MR) is 129 cm³/mol. The molecule has 0 saturated heterocycles. The van der Waals surface area contributed by atoms with Gasteiger partial charge in [-0.15, -0.1) is 4.79 Å². The van der Waals surface area contributed by atoms with Crippen LogP contribution in [0, 0.1) is 0 Å². The van der Waals surface area contributed by atoms with Gasteiger partial charge in [0, 0.05) is 20.4 Å². The maximum Gasteiger partial charge on any atom is 0.299 e. The predicted octanol–water partition coefficient (Wildman–Crippen LogP) is 7.82. The molecule has 2 nitrogen and oxygen atoms in total. The first kappa shape index (κ1) is 27.0. The Morgan fingerprint density at radius 1 is 0.774 bits per heavy atom. The SMILES string of the molecule is CCCCCCc1ccc(C(=C(C=C=[N+]=[N-])CC)c2ccc(CCCC)cc2)cc1.[Pd]. The quantitative estimate of drug-likeness (QED) is 0.0702. The molecule has 0 bridgehead atoms. The number of allylic oxidation sites excluding steroid dienone is 2. The summed E-state index contributed by atoms with van der Waals surface area (Å²) in [6, 6.07) is 17.9. The van der Waals surface area contributed by atoms with Crippen LogP contribution in [0.4, 0.5) is 0 Å². The van der Waals surface area contributed by atoms with Crippen molar-refractivity contribution in [2.75, 3.05) is 0 Å². The second-order valence-electron chi connectivity index (χ2n) is 7.94. The van der Waals surface area contributed by atoms with E-state index >= 15 is 0 Å². The number of hydrogen-bond donors (Lipinski definition) is 0. The van der Waals surface area contributed by atoms with Crippen LogP contribution >= 0.6 is 0 Å². The molecule has 0 saturated carbocycles. The van der Waals surface area contributed by atoms with Gasteiger partial charge in [-0.1, -0.05) is 95.0 Å². The minimum absolute atomic E-state index is 0. The van der Waals surface area contributed by atoms with E-state index in [2.05, 4.69) is 80.0 Å². The first-order chi connectivity index (χ1) is 14.7. The first-order valence-corrected chi connectivity index (χ1v) is 11.6. The minimum Gasteiger partial charge on any atom is -0.348 e. The molecule has 0 aromatic heterocycles. The second kappa shape index (κ2) is 15.8. The fourth-order valence-electron chi connectivity index (χ4n) is 3.81. The van der Waals surface area contributed by atoms with Crippen LogP contribution in [-0.2, 0) is 33.3 Å². The van der Waals surface area contributed by atoms with Crippen molar-refractivity contribution >= 4 is 11.4 Å². The molecular formula is C28H36N2Pd. The second-order valence-corrected chi connectivity index (χ2v) is 7.94. The molecule has 31 heavy (non-hydrogen) atoms. The van der Waals surface area contributed by atoms with Crippen molar-refractivity contribution in [2.45, 2.75) is 78.6 Å². The first-order valence-electron chi connectivity index (χ1n) is 11.6. The Balaban J connectivity index is 0.00000480. The Bertz CT molecular complexity index is 882. The maximum atomic E-state index is 8.87. The van der Waals surface area contributed by atoms with Gasteiger partial charge in [0.2, 0.25) is 0 Å². The van der Waals surface area contributed by atoms with Gasteiger partial charge in [-0.25, -0.2) is 0 Å². The fraction of sp³-hybridized carbons (Fsp3) is 0.429. The molecule has 0 fully saturated rings.